The fourth-order valence-electron chi connectivity index (χ4n) is 1.24. The second-order valence-electron chi connectivity index (χ2n) is 3.10. The summed E-state index contributed by atoms with van der Waals surface area (Å²) in [6.45, 7) is 0.413. The molecule has 0 aliphatic heterocycles. The van der Waals surface area contributed by atoms with E-state index < -0.39 is 0 Å². The van der Waals surface area contributed by atoms with Crippen molar-refractivity contribution in [3.63, 3.8) is 0 Å². The van der Waals surface area contributed by atoms with Crippen molar-refractivity contribution < 1.29 is 4.42 Å². The molecule has 16 heavy (non-hydrogen) atoms. The van der Waals surface area contributed by atoms with Crippen molar-refractivity contribution >= 4 is 11.8 Å². The van der Waals surface area contributed by atoms with Crippen LogP contribution in [0.5, 0.6) is 0 Å². The van der Waals surface area contributed by atoms with E-state index in [2.05, 4.69) is 9.97 Å². The van der Waals surface area contributed by atoms with Crippen LogP contribution in [0, 0.1) is 0 Å². The lowest BCUT2D eigenvalue weighted by molar-refractivity contribution is 0.507. The van der Waals surface area contributed by atoms with Gasteiger partial charge in [-0.05, 0) is 12.1 Å². The Labute approximate surface area is 96.1 Å². The number of thioether (sulfide) groups is 1. The smallest absolute Gasteiger partial charge is 0.251 e. The summed E-state index contributed by atoms with van der Waals surface area (Å²) in [6.07, 6.45) is 3.07. The molecule has 0 saturated carbocycles. The number of nitrogens with zero attached hydrogens (tertiary/aromatic N) is 1. The average Bonchev–Trinajstić information content (AvgIpc) is 2.79. The quantitative estimate of drug-likeness (QED) is 0.615. The molecule has 0 fully saturated rings. The summed E-state index contributed by atoms with van der Waals surface area (Å²) >= 11 is 1.38. The van der Waals surface area contributed by atoms with Crippen LogP contribution in [0.15, 0.2) is 45.0 Å². The summed E-state index contributed by atoms with van der Waals surface area (Å²) in [5.74, 6) is 0.777. The van der Waals surface area contributed by atoms with Crippen LogP contribution in [0.4, 0.5) is 0 Å². The van der Waals surface area contributed by atoms with Gasteiger partial charge in [0.2, 0.25) is 0 Å². The monoisotopic (exact) mass is 237 g/mol. The molecule has 5 nitrogen and oxygen atoms in total. The Balaban J connectivity index is 2.16. The zero-order valence-electron chi connectivity index (χ0n) is 8.42. The summed E-state index contributed by atoms with van der Waals surface area (Å²) in [6, 6.07) is 5.03. The normalized spacial score (nSPS) is 12.6. The van der Waals surface area contributed by atoms with Gasteiger partial charge < -0.3 is 15.1 Å². The Kier molecular flexibility index (Phi) is 3.43. The molecule has 0 aromatic carbocycles. The first-order valence-corrected chi connectivity index (χ1v) is 5.63. The average molecular weight is 237 g/mol. The zero-order chi connectivity index (χ0) is 11.4. The summed E-state index contributed by atoms with van der Waals surface area (Å²) in [7, 11) is 0. The van der Waals surface area contributed by atoms with Crippen LogP contribution in [-0.2, 0) is 0 Å². The van der Waals surface area contributed by atoms with Gasteiger partial charge in [-0.1, -0.05) is 11.8 Å². The number of nitrogens with one attached hydrogen (secondary N) is 1. The third-order valence-corrected chi connectivity index (χ3v) is 3.12. The lowest BCUT2D eigenvalue weighted by Crippen LogP contribution is -2.11. The van der Waals surface area contributed by atoms with E-state index in [4.69, 9.17) is 10.2 Å². The second kappa shape index (κ2) is 5.00. The SMILES string of the molecule is NCC(Sc1nccc(=O)[nH]1)c1ccco1. The lowest BCUT2D eigenvalue weighted by Gasteiger charge is -2.09. The largest absolute Gasteiger partial charge is 0.468 e. The molecule has 0 aliphatic rings. The van der Waals surface area contributed by atoms with E-state index in [-0.39, 0.29) is 10.8 Å². The molecule has 2 rings (SSSR count). The Bertz CT molecular complexity index is 495. The van der Waals surface area contributed by atoms with Crippen molar-refractivity contribution in [2.24, 2.45) is 5.73 Å². The molecule has 0 radical (unpaired) electrons. The number of H-pyrrole nitrogens is 1. The van der Waals surface area contributed by atoms with E-state index in [1.54, 1.807) is 12.3 Å². The first kappa shape index (κ1) is 11.0. The minimum absolute atomic E-state index is 0.0412. The third-order valence-electron chi connectivity index (χ3n) is 1.98. The first-order valence-electron chi connectivity index (χ1n) is 4.75. The molecular weight excluding hydrogens is 226 g/mol. The topological polar surface area (TPSA) is 84.9 Å². The van der Waals surface area contributed by atoms with E-state index >= 15 is 0 Å². The molecular formula is C10H11N3O2S. The summed E-state index contributed by atoms with van der Waals surface area (Å²) in [4.78, 5) is 17.8. The van der Waals surface area contributed by atoms with E-state index in [0.717, 1.165) is 5.76 Å². The van der Waals surface area contributed by atoms with Gasteiger partial charge in [0.1, 0.15) is 5.76 Å². The number of aromatic nitrogens is 2. The van der Waals surface area contributed by atoms with Crippen LogP contribution in [0.25, 0.3) is 0 Å². The van der Waals surface area contributed by atoms with E-state index in [1.165, 1.54) is 24.0 Å². The number of rotatable bonds is 4. The van der Waals surface area contributed by atoms with Crippen LogP contribution in [0.3, 0.4) is 0 Å². The second-order valence-corrected chi connectivity index (χ2v) is 4.29. The summed E-state index contributed by atoms with van der Waals surface area (Å²) < 4.78 is 5.27. The van der Waals surface area contributed by atoms with Gasteiger partial charge in [0.25, 0.3) is 5.56 Å². The highest BCUT2D eigenvalue weighted by Crippen LogP contribution is 2.31. The van der Waals surface area contributed by atoms with Crippen molar-refractivity contribution in [3.8, 4) is 0 Å². The number of furan rings is 1. The maximum atomic E-state index is 11.1. The molecule has 0 amide bonds. The zero-order valence-corrected chi connectivity index (χ0v) is 9.24. The maximum Gasteiger partial charge on any atom is 0.251 e. The summed E-state index contributed by atoms with van der Waals surface area (Å²) in [5.41, 5.74) is 5.48. The fourth-order valence-corrected chi connectivity index (χ4v) is 2.14. The van der Waals surface area contributed by atoms with E-state index in [1.807, 2.05) is 6.07 Å². The number of hydrogen-bond acceptors (Lipinski definition) is 5. The standard InChI is InChI=1S/C10H11N3O2S/c11-6-8(7-2-1-5-15-7)16-10-12-4-3-9(14)13-10/h1-5,8H,6,11H2,(H,12,13,14). The minimum atomic E-state index is -0.173. The molecule has 6 heteroatoms. The van der Waals surface area contributed by atoms with Gasteiger partial charge in [-0.3, -0.25) is 4.79 Å². The van der Waals surface area contributed by atoms with Gasteiger partial charge in [-0.15, -0.1) is 0 Å². The highest BCUT2D eigenvalue weighted by molar-refractivity contribution is 7.99. The molecule has 84 valence electrons. The van der Waals surface area contributed by atoms with Gasteiger partial charge in [-0.2, -0.15) is 0 Å². The molecule has 2 aromatic rings. The highest BCUT2D eigenvalue weighted by atomic mass is 32.2. The molecule has 0 bridgehead atoms. The van der Waals surface area contributed by atoms with Crippen molar-refractivity contribution in [2.75, 3.05) is 6.54 Å². The van der Waals surface area contributed by atoms with Gasteiger partial charge in [0.05, 0.1) is 11.5 Å². The number of nitrogens with two attached hydrogens (primary N) is 1. The number of hydrogen-bond donors (Lipinski definition) is 2. The van der Waals surface area contributed by atoms with E-state index in [0.29, 0.717) is 11.7 Å². The van der Waals surface area contributed by atoms with E-state index in [9.17, 15) is 4.79 Å². The Hall–Kier alpha value is -1.53. The molecule has 3 N–H and O–H groups in total. The van der Waals surface area contributed by atoms with Crippen LogP contribution < -0.4 is 11.3 Å². The molecule has 2 heterocycles. The van der Waals surface area contributed by atoms with Crippen LogP contribution in [-0.4, -0.2) is 16.5 Å². The van der Waals surface area contributed by atoms with Crippen LogP contribution in [0.1, 0.15) is 11.0 Å². The lowest BCUT2D eigenvalue weighted by atomic mass is 10.3. The summed E-state index contributed by atoms with van der Waals surface area (Å²) in [5, 5.41) is 0.500. The Morgan fingerprint density at radius 1 is 1.56 bits per heavy atom. The van der Waals surface area contributed by atoms with Gasteiger partial charge in [-0.25, -0.2) is 4.98 Å². The molecule has 0 saturated heterocycles. The predicted molar refractivity (Wildman–Crippen MR) is 61.2 cm³/mol. The van der Waals surface area contributed by atoms with Crippen molar-refractivity contribution in [1.82, 2.24) is 9.97 Å². The first-order chi connectivity index (χ1) is 7.79. The maximum absolute atomic E-state index is 11.1. The third kappa shape index (κ3) is 2.53. The highest BCUT2D eigenvalue weighted by Gasteiger charge is 2.15. The molecule has 2 aromatic heterocycles. The Morgan fingerprint density at radius 3 is 3.06 bits per heavy atom. The van der Waals surface area contributed by atoms with Crippen molar-refractivity contribution in [2.45, 2.75) is 10.4 Å². The molecule has 0 aliphatic carbocycles. The van der Waals surface area contributed by atoms with Crippen LogP contribution in [0.2, 0.25) is 0 Å². The fraction of sp³-hybridized carbons (Fsp3) is 0.200. The van der Waals surface area contributed by atoms with Crippen molar-refractivity contribution in [1.29, 1.82) is 0 Å². The molecule has 0 spiro atoms. The van der Waals surface area contributed by atoms with Crippen LogP contribution >= 0.6 is 11.8 Å². The molecule has 1 unspecified atom stereocenters. The molecule has 1 atom stereocenters. The van der Waals surface area contributed by atoms with Gasteiger partial charge in [0, 0.05) is 18.8 Å². The number of aromatic amines is 1. The predicted octanol–water partition coefficient (Wildman–Crippen LogP) is 1.16. The Morgan fingerprint density at radius 2 is 2.44 bits per heavy atom. The van der Waals surface area contributed by atoms with Crippen molar-refractivity contribution in [3.05, 3.63) is 46.8 Å². The minimum Gasteiger partial charge on any atom is -0.468 e. The van der Waals surface area contributed by atoms with Gasteiger partial charge >= 0.3 is 0 Å². The van der Waals surface area contributed by atoms with Gasteiger partial charge in [0.15, 0.2) is 5.16 Å².